The van der Waals surface area contributed by atoms with Gasteiger partial charge in [-0.2, -0.15) is 6.07 Å². The number of benzene rings is 1. The standard InChI is InChI=1S/C12H13.2FH.Ti/c1-2-5-10-8-11-6-3-4-7-12(11)9-10;;;/h3-4,6-9H,2,5H2,1H3;2*1H;/q-1;;;+3/p-2. The molecule has 0 aliphatic rings. The molecule has 0 fully saturated rings. The topological polar surface area (TPSA) is 0 Å². The molecule has 0 amide bonds. The monoisotopic (exact) mass is 243 g/mol. The molecule has 0 unspecified atom stereocenters. The van der Waals surface area contributed by atoms with E-state index in [1.165, 1.54) is 29.2 Å². The Morgan fingerprint density at radius 2 is 1.80 bits per heavy atom. The molecule has 2 aromatic carbocycles. The fourth-order valence-corrected chi connectivity index (χ4v) is 1.65. The molecule has 79 valence electrons. The van der Waals surface area contributed by atoms with E-state index in [2.05, 4.69) is 43.3 Å². The van der Waals surface area contributed by atoms with Crippen LogP contribution in [0.15, 0.2) is 36.4 Å². The van der Waals surface area contributed by atoms with Crippen LogP contribution in [0.25, 0.3) is 10.8 Å². The summed E-state index contributed by atoms with van der Waals surface area (Å²) < 4.78 is 0. The third kappa shape index (κ3) is 3.81. The Hall–Kier alpha value is -0.596. The van der Waals surface area contributed by atoms with Gasteiger partial charge < -0.3 is 9.41 Å². The fraction of sp³-hybridized carbons (Fsp3) is 0.250. The maximum atomic E-state index is 2.29. The molecule has 3 heteroatoms. The van der Waals surface area contributed by atoms with Crippen LogP contribution in [0.5, 0.6) is 0 Å². The average Bonchev–Trinajstić information content (AvgIpc) is 2.47. The van der Waals surface area contributed by atoms with Crippen molar-refractivity contribution in [3.05, 3.63) is 42.0 Å². The van der Waals surface area contributed by atoms with Crippen LogP contribution in [0.4, 0.5) is 0 Å². The van der Waals surface area contributed by atoms with Crippen molar-refractivity contribution in [1.29, 1.82) is 0 Å². The number of hydrogen-bond acceptors (Lipinski definition) is 0. The van der Waals surface area contributed by atoms with E-state index in [1.54, 1.807) is 0 Å². The van der Waals surface area contributed by atoms with Gasteiger partial charge in [0.15, 0.2) is 0 Å². The SMILES string of the molecule is CCCc1cc2ccccc2[cH-]1.[F-].[F-].[Ti+3]. The summed E-state index contributed by atoms with van der Waals surface area (Å²) in [5.74, 6) is 0. The van der Waals surface area contributed by atoms with Crippen LogP contribution in [0.2, 0.25) is 0 Å². The summed E-state index contributed by atoms with van der Waals surface area (Å²) >= 11 is 0. The first-order valence-electron chi connectivity index (χ1n) is 4.54. The summed E-state index contributed by atoms with van der Waals surface area (Å²) in [6, 6.07) is 13.1. The number of fused-ring (bicyclic) bond motifs is 1. The fourth-order valence-electron chi connectivity index (χ4n) is 1.65. The second kappa shape index (κ2) is 7.66. The van der Waals surface area contributed by atoms with Gasteiger partial charge in [-0.1, -0.05) is 19.4 Å². The molecule has 0 aliphatic heterocycles. The Morgan fingerprint density at radius 1 is 1.13 bits per heavy atom. The van der Waals surface area contributed by atoms with Crippen molar-refractivity contribution in [1.82, 2.24) is 0 Å². The second-order valence-electron chi connectivity index (χ2n) is 3.24. The summed E-state index contributed by atoms with van der Waals surface area (Å²) in [6.45, 7) is 2.22. The molecule has 0 bridgehead atoms. The minimum atomic E-state index is 0. The van der Waals surface area contributed by atoms with Gasteiger partial charge in [0.05, 0.1) is 0 Å². The van der Waals surface area contributed by atoms with Crippen LogP contribution in [0, 0.1) is 0 Å². The second-order valence-corrected chi connectivity index (χ2v) is 3.24. The molecule has 0 aliphatic carbocycles. The molecule has 0 aromatic heterocycles. The molecule has 0 heterocycles. The Kier molecular flexibility index (Phi) is 8.59. The van der Waals surface area contributed by atoms with E-state index in [0.717, 1.165) is 0 Å². The third-order valence-electron chi connectivity index (χ3n) is 2.22. The van der Waals surface area contributed by atoms with E-state index in [0.29, 0.717) is 0 Å². The predicted octanol–water partition coefficient (Wildman–Crippen LogP) is -2.48. The number of hydrogen-bond donors (Lipinski definition) is 0. The molecule has 0 N–H and O–H groups in total. The molecular weight excluding hydrogens is 230 g/mol. The predicted molar refractivity (Wildman–Crippen MR) is 53.5 cm³/mol. The molecule has 2 aromatic rings. The maximum Gasteiger partial charge on any atom is 3.00 e. The smallest absolute Gasteiger partial charge is 1.00 e. The van der Waals surface area contributed by atoms with Gasteiger partial charge in [-0.05, 0) is 6.42 Å². The van der Waals surface area contributed by atoms with Gasteiger partial charge in [-0.15, -0.1) is 40.6 Å². The van der Waals surface area contributed by atoms with Crippen LogP contribution in [-0.4, -0.2) is 0 Å². The van der Waals surface area contributed by atoms with Gasteiger partial charge >= 0.3 is 21.7 Å². The van der Waals surface area contributed by atoms with Crippen LogP contribution in [0.1, 0.15) is 18.9 Å². The quantitative estimate of drug-likeness (QED) is 0.404. The Bertz CT molecular complexity index is 349. The van der Waals surface area contributed by atoms with E-state index in [4.69, 9.17) is 0 Å². The Labute approximate surface area is 104 Å². The normalized spacial score (nSPS) is 8.60. The molecular formula is C12H13F2Ti. The van der Waals surface area contributed by atoms with Gasteiger partial charge in [-0.3, -0.25) is 0 Å². The summed E-state index contributed by atoms with van der Waals surface area (Å²) in [5, 5.41) is 2.75. The van der Waals surface area contributed by atoms with E-state index < -0.39 is 0 Å². The molecule has 0 atom stereocenters. The Morgan fingerprint density at radius 3 is 2.40 bits per heavy atom. The number of aryl methyl sites for hydroxylation is 1. The summed E-state index contributed by atoms with van der Waals surface area (Å²) in [6.07, 6.45) is 2.44. The van der Waals surface area contributed by atoms with E-state index in [1.807, 2.05) is 0 Å². The zero-order chi connectivity index (χ0) is 8.39. The van der Waals surface area contributed by atoms with E-state index in [-0.39, 0.29) is 31.1 Å². The van der Waals surface area contributed by atoms with Crippen molar-refractivity contribution in [2.45, 2.75) is 19.8 Å². The third-order valence-corrected chi connectivity index (χ3v) is 2.22. The zero-order valence-corrected chi connectivity index (χ0v) is 10.2. The molecule has 15 heavy (non-hydrogen) atoms. The van der Waals surface area contributed by atoms with Crippen molar-refractivity contribution in [3.8, 4) is 0 Å². The number of halogens is 2. The van der Waals surface area contributed by atoms with Crippen LogP contribution >= 0.6 is 0 Å². The van der Waals surface area contributed by atoms with Crippen LogP contribution in [-0.2, 0) is 28.1 Å². The maximum absolute atomic E-state index is 2.29. The first-order valence-corrected chi connectivity index (χ1v) is 4.54. The number of rotatable bonds is 2. The van der Waals surface area contributed by atoms with Crippen LogP contribution in [0.3, 0.4) is 0 Å². The van der Waals surface area contributed by atoms with Crippen molar-refractivity contribution in [3.63, 3.8) is 0 Å². The molecule has 0 saturated carbocycles. The first kappa shape index (κ1) is 16.8. The largest absolute Gasteiger partial charge is 3.00 e. The molecule has 1 radical (unpaired) electrons. The average molecular weight is 243 g/mol. The minimum absolute atomic E-state index is 0. The van der Waals surface area contributed by atoms with Gasteiger partial charge in [-0.25, -0.2) is 0 Å². The molecule has 2 rings (SSSR count). The van der Waals surface area contributed by atoms with E-state index in [9.17, 15) is 0 Å². The van der Waals surface area contributed by atoms with Gasteiger partial charge in [0, 0.05) is 0 Å². The molecule has 0 saturated heterocycles. The van der Waals surface area contributed by atoms with Crippen LogP contribution < -0.4 is 9.41 Å². The Balaban J connectivity index is 0. The van der Waals surface area contributed by atoms with Crippen molar-refractivity contribution >= 4 is 10.8 Å². The minimum Gasteiger partial charge on any atom is -1.00 e. The van der Waals surface area contributed by atoms with Gasteiger partial charge in [0.1, 0.15) is 0 Å². The van der Waals surface area contributed by atoms with Gasteiger partial charge in [0.2, 0.25) is 0 Å². The van der Waals surface area contributed by atoms with Gasteiger partial charge in [0.25, 0.3) is 0 Å². The molecule has 0 spiro atoms. The summed E-state index contributed by atoms with van der Waals surface area (Å²) in [7, 11) is 0. The molecule has 0 nitrogen and oxygen atoms in total. The van der Waals surface area contributed by atoms with E-state index >= 15 is 0 Å². The summed E-state index contributed by atoms with van der Waals surface area (Å²) in [5.41, 5.74) is 1.47. The van der Waals surface area contributed by atoms with Crippen molar-refractivity contribution in [2.75, 3.05) is 0 Å². The zero-order valence-electron chi connectivity index (χ0n) is 8.63. The summed E-state index contributed by atoms with van der Waals surface area (Å²) in [4.78, 5) is 0. The van der Waals surface area contributed by atoms with Crippen molar-refractivity contribution in [2.24, 2.45) is 0 Å². The first-order chi connectivity index (χ1) is 5.90. The van der Waals surface area contributed by atoms with Crippen molar-refractivity contribution < 1.29 is 31.1 Å².